The Labute approximate surface area is 74.5 Å². The van der Waals surface area contributed by atoms with Crippen LogP contribution in [0, 0.1) is 16.7 Å². The van der Waals surface area contributed by atoms with Gasteiger partial charge in [0, 0.05) is 11.8 Å². The molecular formula is C11H18O. The molecule has 0 aromatic heterocycles. The van der Waals surface area contributed by atoms with Crippen LogP contribution in [-0.4, -0.2) is 5.78 Å². The first kappa shape index (κ1) is 8.28. The van der Waals surface area contributed by atoms with Gasteiger partial charge in [0.2, 0.25) is 0 Å². The quantitative estimate of drug-likeness (QED) is 0.585. The third-order valence-corrected chi connectivity index (χ3v) is 4.94. The standard InChI is InChI=1S/C11H18O/c1-4-10(2)8-5-6-11(10,3)9(12)7-8/h8H,4-7H2,1-3H3. The molecule has 1 heteroatoms. The summed E-state index contributed by atoms with van der Waals surface area (Å²) in [5, 5.41) is 0. The number of Topliss-reactive ketones (excluding diaryl/α,β-unsaturated/α-hetero) is 1. The van der Waals surface area contributed by atoms with Crippen molar-refractivity contribution < 1.29 is 4.79 Å². The number of hydrogen-bond donors (Lipinski definition) is 0. The third-order valence-electron chi connectivity index (χ3n) is 4.94. The van der Waals surface area contributed by atoms with Crippen molar-refractivity contribution in [3.8, 4) is 0 Å². The molecule has 2 bridgehead atoms. The first-order valence-corrected chi connectivity index (χ1v) is 5.08. The summed E-state index contributed by atoms with van der Waals surface area (Å²) in [5.74, 6) is 1.23. The van der Waals surface area contributed by atoms with Gasteiger partial charge in [0.15, 0.2) is 0 Å². The monoisotopic (exact) mass is 166 g/mol. The molecule has 2 rings (SSSR count). The molecule has 1 nitrogen and oxygen atoms in total. The summed E-state index contributed by atoms with van der Waals surface area (Å²) in [6.45, 7) is 6.73. The van der Waals surface area contributed by atoms with E-state index >= 15 is 0 Å². The lowest BCUT2D eigenvalue weighted by Gasteiger charge is -2.35. The molecule has 68 valence electrons. The smallest absolute Gasteiger partial charge is 0.139 e. The Hall–Kier alpha value is -0.330. The molecule has 0 spiro atoms. The maximum atomic E-state index is 11.7. The van der Waals surface area contributed by atoms with E-state index in [1.807, 2.05) is 0 Å². The van der Waals surface area contributed by atoms with Crippen LogP contribution in [0.3, 0.4) is 0 Å². The van der Waals surface area contributed by atoms with E-state index in [0.29, 0.717) is 17.1 Å². The van der Waals surface area contributed by atoms with Gasteiger partial charge in [-0.2, -0.15) is 0 Å². The second-order valence-corrected chi connectivity index (χ2v) is 4.97. The Balaban J connectivity index is 2.44. The molecule has 0 aromatic rings. The highest BCUT2D eigenvalue weighted by molar-refractivity contribution is 5.89. The Bertz CT molecular complexity index is 233. The lowest BCUT2D eigenvalue weighted by Crippen LogP contribution is -2.34. The summed E-state index contributed by atoms with van der Waals surface area (Å²) >= 11 is 0. The van der Waals surface area contributed by atoms with Gasteiger partial charge in [0.25, 0.3) is 0 Å². The minimum Gasteiger partial charge on any atom is -0.299 e. The molecule has 0 aliphatic heterocycles. The minimum absolute atomic E-state index is 0.0341. The molecule has 2 aliphatic rings. The number of carbonyl (C=O) groups excluding carboxylic acids is 1. The van der Waals surface area contributed by atoms with Crippen molar-refractivity contribution in [1.29, 1.82) is 0 Å². The lowest BCUT2D eigenvalue weighted by atomic mass is 9.67. The average Bonchev–Trinajstić information content (AvgIpc) is 2.39. The van der Waals surface area contributed by atoms with Crippen LogP contribution in [0.5, 0.6) is 0 Å². The number of hydrogen-bond acceptors (Lipinski definition) is 1. The molecule has 12 heavy (non-hydrogen) atoms. The van der Waals surface area contributed by atoms with Crippen LogP contribution in [0.2, 0.25) is 0 Å². The summed E-state index contributed by atoms with van der Waals surface area (Å²) in [7, 11) is 0. The van der Waals surface area contributed by atoms with Crippen molar-refractivity contribution in [3.05, 3.63) is 0 Å². The van der Waals surface area contributed by atoms with E-state index in [2.05, 4.69) is 20.8 Å². The second kappa shape index (κ2) is 2.12. The van der Waals surface area contributed by atoms with Crippen molar-refractivity contribution in [2.75, 3.05) is 0 Å². The fourth-order valence-corrected chi connectivity index (χ4v) is 3.43. The maximum Gasteiger partial charge on any atom is 0.139 e. The average molecular weight is 166 g/mol. The van der Waals surface area contributed by atoms with Crippen LogP contribution in [0.15, 0.2) is 0 Å². The minimum atomic E-state index is 0.0341. The SMILES string of the molecule is CCC1(C)C2CCC1(C)C(=O)C2. The van der Waals surface area contributed by atoms with E-state index in [1.165, 1.54) is 12.8 Å². The molecule has 0 radical (unpaired) electrons. The Kier molecular flexibility index (Phi) is 1.47. The molecule has 0 aromatic carbocycles. The van der Waals surface area contributed by atoms with Gasteiger partial charge in [-0.3, -0.25) is 4.79 Å². The van der Waals surface area contributed by atoms with E-state index in [-0.39, 0.29) is 5.41 Å². The van der Waals surface area contributed by atoms with Crippen molar-refractivity contribution in [1.82, 2.24) is 0 Å². The Morgan fingerprint density at radius 1 is 1.50 bits per heavy atom. The number of ketones is 1. The van der Waals surface area contributed by atoms with Crippen LogP contribution >= 0.6 is 0 Å². The van der Waals surface area contributed by atoms with Gasteiger partial charge in [-0.1, -0.05) is 20.8 Å². The zero-order valence-corrected chi connectivity index (χ0v) is 8.31. The molecule has 0 heterocycles. The third kappa shape index (κ3) is 0.641. The molecule has 2 saturated carbocycles. The van der Waals surface area contributed by atoms with E-state index < -0.39 is 0 Å². The first-order valence-electron chi connectivity index (χ1n) is 5.08. The normalized spacial score (nSPS) is 51.9. The lowest BCUT2D eigenvalue weighted by molar-refractivity contribution is -0.128. The predicted molar refractivity (Wildman–Crippen MR) is 48.9 cm³/mol. The Morgan fingerprint density at radius 2 is 2.17 bits per heavy atom. The first-order chi connectivity index (χ1) is 5.54. The highest BCUT2D eigenvalue weighted by atomic mass is 16.1. The summed E-state index contributed by atoms with van der Waals surface area (Å²) in [6, 6.07) is 0. The van der Waals surface area contributed by atoms with Crippen LogP contribution in [-0.2, 0) is 4.79 Å². The van der Waals surface area contributed by atoms with E-state index in [1.54, 1.807) is 0 Å². The van der Waals surface area contributed by atoms with Crippen molar-refractivity contribution in [2.45, 2.75) is 46.5 Å². The van der Waals surface area contributed by atoms with Gasteiger partial charge in [-0.15, -0.1) is 0 Å². The summed E-state index contributed by atoms with van der Waals surface area (Å²) < 4.78 is 0. The van der Waals surface area contributed by atoms with Gasteiger partial charge in [0.1, 0.15) is 5.78 Å². The van der Waals surface area contributed by atoms with Crippen molar-refractivity contribution in [2.24, 2.45) is 16.7 Å². The highest BCUT2D eigenvalue weighted by Gasteiger charge is 2.62. The highest BCUT2D eigenvalue weighted by Crippen LogP contribution is 2.65. The topological polar surface area (TPSA) is 17.1 Å². The summed E-state index contributed by atoms with van der Waals surface area (Å²) in [5.41, 5.74) is 0.358. The fraction of sp³-hybridized carbons (Fsp3) is 0.909. The molecule has 0 N–H and O–H groups in total. The molecule has 2 aliphatic carbocycles. The van der Waals surface area contributed by atoms with Gasteiger partial charge in [-0.25, -0.2) is 0 Å². The zero-order valence-electron chi connectivity index (χ0n) is 8.31. The zero-order chi connectivity index (χ0) is 8.98. The van der Waals surface area contributed by atoms with E-state index in [0.717, 1.165) is 12.8 Å². The van der Waals surface area contributed by atoms with Crippen LogP contribution in [0.4, 0.5) is 0 Å². The molecule has 2 fully saturated rings. The largest absolute Gasteiger partial charge is 0.299 e. The molecule has 0 saturated heterocycles. The van der Waals surface area contributed by atoms with Gasteiger partial charge >= 0.3 is 0 Å². The number of carbonyl (C=O) groups is 1. The molecular weight excluding hydrogens is 148 g/mol. The Morgan fingerprint density at radius 3 is 2.42 bits per heavy atom. The van der Waals surface area contributed by atoms with Crippen LogP contribution in [0.25, 0.3) is 0 Å². The van der Waals surface area contributed by atoms with Gasteiger partial charge in [-0.05, 0) is 30.6 Å². The number of fused-ring (bicyclic) bond motifs is 2. The second-order valence-electron chi connectivity index (χ2n) is 4.97. The summed E-state index contributed by atoms with van der Waals surface area (Å²) in [6.07, 6.45) is 4.45. The van der Waals surface area contributed by atoms with Gasteiger partial charge < -0.3 is 0 Å². The van der Waals surface area contributed by atoms with Crippen molar-refractivity contribution >= 4 is 5.78 Å². The van der Waals surface area contributed by atoms with E-state index in [9.17, 15) is 4.79 Å². The molecule has 3 atom stereocenters. The fourth-order valence-electron chi connectivity index (χ4n) is 3.43. The van der Waals surface area contributed by atoms with Crippen molar-refractivity contribution in [3.63, 3.8) is 0 Å². The van der Waals surface area contributed by atoms with Crippen LogP contribution in [0.1, 0.15) is 46.5 Å². The predicted octanol–water partition coefficient (Wildman–Crippen LogP) is 2.79. The molecule has 3 unspecified atom stereocenters. The van der Waals surface area contributed by atoms with Crippen LogP contribution < -0.4 is 0 Å². The van der Waals surface area contributed by atoms with E-state index in [4.69, 9.17) is 0 Å². The summed E-state index contributed by atoms with van der Waals surface area (Å²) in [4.78, 5) is 11.7. The molecule has 0 amide bonds. The maximum absolute atomic E-state index is 11.7. The van der Waals surface area contributed by atoms with Gasteiger partial charge in [0.05, 0.1) is 0 Å². The number of rotatable bonds is 1.